The molecule has 0 fully saturated rings. The SMILES string of the molecule is CCN(CC)C(=O)COc1cccc2c(C[C@@H](C)O)cn(C(=O)OC(C)(C)C)c12. The van der Waals surface area contributed by atoms with Gasteiger partial charge in [-0.1, -0.05) is 12.1 Å². The lowest BCUT2D eigenvalue weighted by molar-refractivity contribution is -0.132. The quantitative estimate of drug-likeness (QED) is 0.763. The Balaban J connectivity index is 2.46. The standard InChI is InChI=1S/C22H32N2O5/c1-7-23(8-2)19(26)14-28-18-11-9-10-17-16(12-15(3)25)13-24(20(17)18)21(27)29-22(4,5)6/h9-11,13,15,25H,7-8,12,14H2,1-6H3/t15-/m1/s1. The number of hydrogen-bond donors (Lipinski definition) is 1. The first kappa shape index (κ1) is 22.7. The van der Waals surface area contributed by atoms with Gasteiger partial charge in [0.2, 0.25) is 0 Å². The van der Waals surface area contributed by atoms with Gasteiger partial charge in [0.05, 0.1) is 6.10 Å². The zero-order valence-corrected chi connectivity index (χ0v) is 18.2. The number of likely N-dealkylation sites (N-methyl/N-ethyl adjacent to an activating group) is 1. The normalized spacial score (nSPS) is 12.7. The van der Waals surface area contributed by atoms with Gasteiger partial charge in [0.1, 0.15) is 16.9 Å². The number of nitrogens with zero attached hydrogens (tertiary/aromatic N) is 2. The number of aliphatic hydroxyl groups is 1. The van der Waals surface area contributed by atoms with Crippen molar-refractivity contribution in [3.63, 3.8) is 0 Å². The fourth-order valence-corrected chi connectivity index (χ4v) is 3.18. The van der Waals surface area contributed by atoms with Gasteiger partial charge in [-0.25, -0.2) is 9.36 Å². The third-order valence-corrected chi connectivity index (χ3v) is 4.44. The summed E-state index contributed by atoms with van der Waals surface area (Å²) in [6.45, 7) is 12.0. The van der Waals surface area contributed by atoms with E-state index in [1.165, 1.54) is 4.57 Å². The van der Waals surface area contributed by atoms with E-state index in [9.17, 15) is 14.7 Å². The number of benzene rings is 1. The van der Waals surface area contributed by atoms with E-state index in [1.54, 1.807) is 44.9 Å². The van der Waals surface area contributed by atoms with Crippen molar-refractivity contribution >= 4 is 22.9 Å². The topological polar surface area (TPSA) is 81.0 Å². The number of ether oxygens (including phenoxy) is 2. The van der Waals surface area contributed by atoms with Gasteiger partial charge in [-0.2, -0.15) is 0 Å². The number of hydrogen-bond acceptors (Lipinski definition) is 5. The minimum atomic E-state index is -0.660. The molecule has 0 spiro atoms. The van der Waals surface area contributed by atoms with Crippen LogP contribution in [0.3, 0.4) is 0 Å². The summed E-state index contributed by atoms with van der Waals surface area (Å²) in [6, 6.07) is 5.41. The largest absolute Gasteiger partial charge is 0.482 e. The molecule has 2 rings (SSSR count). The highest BCUT2D eigenvalue weighted by molar-refractivity contribution is 5.96. The number of aliphatic hydroxyl groups excluding tert-OH is 1. The first-order chi connectivity index (χ1) is 13.6. The minimum Gasteiger partial charge on any atom is -0.482 e. The van der Waals surface area contributed by atoms with E-state index in [-0.39, 0.29) is 12.5 Å². The maximum Gasteiger partial charge on any atom is 0.419 e. The Kier molecular flexibility index (Phi) is 7.30. The lowest BCUT2D eigenvalue weighted by atomic mass is 10.1. The van der Waals surface area contributed by atoms with Crippen molar-refractivity contribution in [1.82, 2.24) is 9.47 Å². The van der Waals surface area contributed by atoms with Crippen LogP contribution in [-0.4, -0.2) is 58.0 Å². The summed E-state index contributed by atoms with van der Waals surface area (Å²) >= 11 is 0. The van der Waals surface area contributed by atoms with E-state index in [2.05, 4.69) is 0 Å². The van der Waals surface area contributed by atoms with E-state index in [0.29, 0.717) is 30.8 Å². The molecule has 1 N–H and O–H groups in total. The van der Waals surface area contributed by atoms with Crippen LogP contribution in [0.2, 0.25) is 0 Å². The van der Waals surface area contributed by atoms with E-state index in [0.717, 1.165) is 10.9 Å². The molecule has 0 saturated heterocycles. The number of carbonyl (C=O) groups excluding carboxylic acids is 2. The number of amides is 1. The maximum absolute atomic E-state index is 12.8. The van der Waals surface area contributed by atoms with Crippen molar-refractivity contribution in [3.05, 3.63) is 30.0 Å². The predicted molar refractivity (Wildman–Crippen MR) is 112 cm³/mol. The van der Waals surface area contributed by atoms with Crippen LogP contribution in [0.4, 0.5) is 4.79 Å². The van der Waals surface area contributed by atoms with Crippen LogP contribution in [0, 0.1) is 0 Å². The zero-order valence-electron chi connectivity index (χ0n) is 18.2. The minimum absolute atomic E-state index is 0.119. The second-order valence-corrected chi connectivity index (χ2v) is 8.06. The van der Waals surface area contributed by atoms with Crippen LogP contribution in [0.25, 0.3) is 10.9 Å². The van der Waals surface area contributed by atoms with Crippen molar-refractivity contribution in [1.29, 1.82) is 0 Å². The summed E-state index contributed by atoms with van der Waals surface area (Å²) in [5.41, 5.74) is 0.679. The van der Waals surface area contributed by atoms with Crippen LogP contribution >= 0.6 is 0 Å². The molecular formula is C22H32N2O5. The van der Waals surface area contributed by atoms with Crippen molar-refractivity contribution in [2.45, 2.75) is 59.7 Å². The van der Waals surface area contributed by atoms with Crippen molar-refractivity contribution < 1.29 is 24.2 Å². The molecule has 0 bridgehead atoms. The Morgan fingerprint density at radius 3 is 2.41 bits per heavy atom. The summed E-state index contributed by atoms with van der Waals surface area (Å²) in [7, 11) is 0. The molecule has 1 aromatic carbocycles. The van der Waals surface area contributed by atoms with E-state index < -0.39 is 17.8 Å². The van der Waals surface area contributed by atoms with E-state index in [4.69, 9.17) is 9.47 Å². The van der Waals surface area contributed by atoms with Gasteiger partial charge in [-0.05, 0) is 53.2 Å². The van der Waals surface area contributed by atoms with Crippen LogP contribution in [0.5, 0.6) is 5.75 Å². The first-order valence-electron chi connectivity index (χ1n) is 10.0. The monoisotopic (exact) mass is 404 g/mol. The van der Waals surface area contributed by atoms with Crippen LogP contribution in [0.15, 0.2) is 24.4 Å². The first-order valence-corrected chi connectivity index (χ1v) is 10.0. The average molecular weight is 405 g/mol. The highest BCUT2D eigenvalue weighted by atomic mass is 16.6. The molecule has 1 aromatic heterocycles. The predicted octanol–water partition coefficient (Wildman–Crippen LogP) is 3.60. The van der Waals surface area contributed by atoms with E-state index in [1.807, 2.05) is 26.0 Å². The fraction of sp³-hybridized carbons (Fsp3) is 0.545. The summed E-state index contributed by atoms with van der Waals surface area (Å²) < 4.78 is 12.8. The van der Waals surface area contributed by atoms with Crippen LogP contribution in [-0.2, 0) is 16.0 Å². The lowest BCUT2D eigenvalue weighted by Crippen LogP contribution is -2.34. The third-order valence-electron chi connectivity index (χ3n) is 4.44. The summed E-state index contributed by atoms with van der Waals surface area (Å²) in [4.78, 5) is 26.8. The average Bonchev–Trinajstić information content (AvgIpc) is 2.98. The Bertz CT molecular complexity index is 860. The molecule has 0 aliphatic carbocycles. The Morgan fingerprint density at radius 1 is 1.21 bits per heavy atom. The number of fused-ring (bicyclic) bond motifs is 1. The van der Waals surface area contributed by atoms with E-state index >= 15 is 0 Å². The second kappa shape index (κ2) is 9.31. The molecule has 1 heterocycles. The highest BCUT2D eigenvalue weighted by Gasteiger charge is 2.23. The van der Waals surface area contributed by atoms with Crippen LogP contribution in [0.1, 0.15) is 47.1 Å². The van der Waals surface area contributed by atoms with Gasteiger partial charge in [-0.3, -0.25) is 4.79 Å². The Labute approximate surface area is 172 Å². The van der Waals surface area contributed by atoms with Gasteiger partial charge < -0.3 is 19.5 Å². The number of rotatable bonds is 7. The van der Waals surface area contributed by atoms with Crippen LogP contribution < -0.4 is 4.74 Å². The maximum atomic E-state index is 12.8. The number of para-hydroxylation sites is 1. The summed E-state index contributed by atoms with van der Waals surface area (Å²) in [6.07, 6.45) is 0.950. The molecule has 2 aromatic rings. The molecule has 7 nitrogen and oxygen atoms in total. The Hall–Kier alpha value is -2.54. The second-order valence-electron chi connectivity index (χ2n) is 8.06. The molecule has 0 aliphatic rings. The molecule has 0 aliphatic heterocycles. The molecule has 29 heavy (non-hydrogen) atoms. The fourth-order valence-electron chi connectivity index (χ4n) is 3.18. The molecule has 7 heteroatoms. The number of aromatic nitrogens is 1. The van der Waals surface area contributed by atoms with Gasteiger partial charge in [-0.15, -0.1) is 0 Å². The molecule has 1 atom stereocenters. The molecule has 1 amide bonds. The van der Waals surface area contributed by atoms with Crippen molar-refractivity contribution in [2.24, 2.45) is 0 Å². The molecule has 160 valence electrons. The van der Waals surface area contributed by atoms with Gasteiger partial charge in [0, 0.05) is 31.1 Å². The van der Waals surface area contributed by atoms with Crippen molar-refractivity contribution in [2.75, 3.05) is 19.7 Å². The smallest absolute Gasteiger partial charge is 0.419 e. The van der Waals surface area contributed by atoms with Gasteiger partial charge in [0.25, 0.3) is 5.91 Å². The third kappa shape index (κ3) is 5.73. The molecule has 0 radical (unpaired) electrons. The van der Waals surface area contributed by atoms with Gasteiger partial charge in [0.15, 0.2) is 6.61 Å². The molecule has 0 saturated carbocycles. The summed E-state index contributed by atoms with van der Waals surface area (Å²) in [5.74, 6) is 0.303. The van der Waals surface area contributed by atoms with Crippen molar-refractivity contribution in [3.8, 4) is 5.75 Å². The van der Waals surface area contributed by atoms with Gasteiger partial charge >= 0.3 is 6.09 Å². The highest BCUT2D eigenvalue weighted by Crippen LogP contribution is 2.31. The summed E-state index contributed by atoms with van der Waals surface area (Å²) in [5, 5.41) is 10.6. The number of carbonyl (C=O) groups is 2. The lowest BCUT2D eigenvalue weighted by Gasteiger charge is -2.21. The zero-order chi connectivity index (χ0) is 21.8. The molecular weight excluding hydrogens is 372 g/mol. The Morgan fingerprint density at radius 2 is 1.86 bits per heavy atom. The molecule has 0 unspecified atom stereocenters.